The van der Waals surface area contributed by atoms with Gasteiger partial charge in [-0.3, -0.25) is 30.0 Å². The zero-order valence-electron chi connectivity index (χ0n) is 20.5. The number of ether oxygens (including phenoxy) is 1. The summed E-state index contributed by atoms with van der Waals surface area (Å²) in [6.45, 7) is 3.42. The molecule has 3 N–H and O–H groups in total. The maximum Gasteiger partial charge on any atom is 0.276 e. The number of carbonyl (C=O) groups excluding carboxylic acids is 4. The maximum atomic E-state index is 12.6. The number of rotatable bonds is 7. The number of hydrazine groups is 1. The topological polar surface area (TPSA) is 129 Å². The molecule has 10 nitrogen and oxygen atoms in total. The number of carbonyl (C=O) groups is 4. The van der Waals surface area contributed by atoms with Crippen molar-refractivity contribution >= 4 is 46.2 Å². The number of likely N-dealkylation sites (tertiary alicyclic amines) is 1. The van der Waals surface area contributed by atoms with E-state index in [9.17, 15) is 19.2 Å². The molecule has 4 rings (SSSR count). The van der Waals surface area contributed by atoms with Gasteiger partial charge >= 0.3 is 0 Å². The van der Waals surface area contributed by atoms with Gasteiger partial charge in [-0.15, -0.1) is 0 Å². The summed E-state index contributed by atoms with van der Waals surface area (Å²) in [5.41, 5.74) is 6.27. The number of thioether (sulfide) groups is 1. The number of amidine groups is 1. The van der Waals surface area contributed by atoms with Crippen LogP contribution in [0.1, 0.15) is 41.6 Å². The van der Waals surface area contributed by atoms with Crippen LogP contribution in [-0.4, -0.2) is 58.6 Å². The van der Waals surface area contributed by atoms with E-state index < -0.39 is 17.1 Å². The monoisotopic (exact) mass is 523 g/mol. The molecule has 0 aromatic heterocycles. The highest BCUT2D eigenvalue weighted by Gasteiger charge is 2.33. The lowest BCUT2D eigenvalue weighted by molar-refractivity contribution is -0.123. The van der Waals surface area contributed by atoms with Crippen molar-refractivity contribution in [3.8, 4) is 5.75 Å². The number of aryl methyl sites for hydroxylation is 1. The Hall–Kier alpha value is -3.86. The van der Waals surface area contributed by atoms with Gasteiger partial charge in [0, 0.05) is 30.8 Å². The fourth-order valence-corrected chi connectivity index (χ4v) is 5.05. The quantitative estimate of drug-likeness (QED) is 0.476. The first kappa shape index (κ1) is 26.2. The zero-order valence-corrected chi connectivity index (χ0v) is 21.3. The van der Waals surface area contributed by atoms with E-state index in [0.717, 1.165) is 31.5 Å². The molecular weight excluding hydrogens is 494 g/mol. The normalized spacial score (nSPS) is 17.1. The van der Waals surface area contributed by atoms with Gasteiger partial charge in [-0.1, -0.05) is 30.0 Å². The molecule has 2 aromatic carbocycles. The van der Waals surface area contributed by atoms with E-state index >= 15 is 0 Å². The largest absolute Gasteiger partial charge is 0.484 e. The number of nitrogens with one attached hydrogen (secondary N) is 3. The predicted molar refractivity (Wildman–Crippen MR) is 141 cm³/mol. The minimum Gasteiger partial charge on any atom is -0.484 e. The van der Waals surface area contributed by atoms with Crippen molar-refractivity contribution < 1.29 is 23.9 Å². The second kappa shape index (κ2) is 12.4. The van der Waals surface area contributed by atoms with E-state index in [4.69, 9.17) is 4.74 Å². The van der Waals surface area contributed by atoms with E-state index in [1.807, 2.05) is 19.1 Å². The average Bonchev–Trinajstić information content (AvgIpc) is 3.26. The van der Waals surface area contributed by atoms with Gasteiger partial charge in [0.2, 0.25) is 5.91 Å². The van der Waals surface area contributed by atoms with Crippen molar-refractivity contribution in [3.05, 3.63) is 59.7 Å². The van der Waals surface area contributed by atoms with Gasteiger partial charge in [0.05, 0.1) is 0 Å². The third-order valence-corrected chi connectivity index (χ3v) is 7.02. The Morgan fingerprint density at radius 1 is 1.03 bits per heavy atom. The van der Waals surface area contributed by atoms with Crippen LogP contribution < -0.4 is 20.9 Å². The summed E-state index contributed by atoms with van der Waals surface area (Å²) in [7, 11) is 0. The van der Waals surface area contributed by atoms with Crippen LogP contribution in [0, 0.1) is 6.92 Å². The molecule has 4 amide bonds. The van der Waals surface area contributed by atoms with Gasteiger partial charge in [0.25, 0.3) is 17.7 Å². The Labute approximate surface area is 219 Å². The second-order valence-corrected chi connectivity index (χ2v) is 10.00. The van der Waals surface area contributed by atoms with Crippen molar-refractivity contribution in [2.24, 2.45) is 4.99 Å². The molecule has 2 aliphatic rings. The third kappa shape index (κ3) is 7.56. The SMILES string of the molecule is Cc1cccc(OCC(=O)NNC(=O)c2cccc(NC(=O)C[C@H]3SC(N4CCCCC4)=NC3=O)c2)c1. The van der Waals surface area contributed by atoms with Crippen LogP contribution in [-0.2, 0) is 14.4 Å². The lowest BCUT2D eigenvalue weighted by Crippen LogP contribution is -2.43. The maximum absolute atomic E-state index is 12.6. The number of aliphatic imine (C=N–C) groups is 1. The molecule has 11 heteroatoms. The molecule has 0 bridgehead atoms. The summed E-state index contributed by atoms with van der Waals surface area (Å²) in [4.78, 5) is 55.6. The van der Waals surface area contributed by atoms with E-state index in [1.54, 1.807) is 30.3 Å². The van der Waals surface area contributed by atoms with Gasteiger partial charge in [0.15, 0.2) is 11.8 Å². The lowest BCUT2D eigenvalue weighted by Gasteiger charge is -2.27. The molecular formula is C26H29N5O5S. The second-order valence-electron chi connectivity index (χ2n) is 8.83. The van der Waals surface area contributed by atoms with Crippen LogP contribution in [0.2, 0.25) is 0 Å². The third-order valence-electron chi connectivity index (χ3n) is 5.81. The fraction of sp³-hybridized carbons (Fsp3) is 0.346. The first-order valence-corrected chi connectivity index (χ1v) is 13.0. The number of hydrogen-bond donors (Lipinski definition) is 3. The summed E-state index contributed by atoms with van der Waals surface area (Å²) in [5, 5.41) is 2.88. The molecule has 2 aliphatic heterocycles. The summed E-state index contributed by atoms with van der Waals surface area (Å²) in [6.07, 6.45) is 3.32. The predicted octanol–water partition coefficient (Wildman–Crippen LogP) is 2.65. The number of amides is 4. The first-order chi connectivity index (χ1) is 17.9. The number of anilines is 1. The van der Waals surface area contributed by atoms with E-state index in [2.05, 4.69) is 26.1 Å². The molecule has 0 spiro atoms. The summed E-state index contributed by atoms with van der Waals surface area (Å²) in [5.74, 6) is -1.17. The minimum absolute atomic E-state index is 0.0161. The molecule has 0 radical (unpaired) electrons. The Bertz CT molecular complexity index is 1210. The molecule has 0 unspecified atom stereocenters. The smallest absolute Gasteiger partial charge is 0.276 e. The summed E-state index contributed by atoms with van der Waals surface area (Å²) in [6, 6.07) is 13.6. The Balaban J connectivity index is 1.22. The Morgan fingerprint density at radius 3 is 2.59 bits per heavy atom. The highest BCUT2D eigenvalue weighted by molar-refractivity contribution is 8.15. The van der Waals surface area contributed by atoms with Gasteiger partial charge in [0.1, 0.15) is 11.0 Å². The van der Waals surface area contributed by atoms with Crippen molar-refractivity contribution in [2.75, 3.05) is 25.0 Å². The minimum atomic E-state index is -0.555. The standard InChI is InChI=1S/C26H29N5O5S/c1-17-7-5-10-20(13-17)36-16-23(33)29-30-24(34)18-8-6-9-19(14-18)27-22(32)15-21-25(35)28-26(37-21)31-11-3-2-4-12-31/h5-10,13-14,21H,2-4,11-12,15-16H2,1H3,(H,27,32)(H,29,33)(H,30,34)/t21-/m1/s1. The van der Waals surface area contributed by atoms with Crippen LogP contribution in [0.15, 0.2) is 53.5 Å². The van der Waals surface area contributed by atoms with E-state index in [1.165, 1.54) is 24.2 Å². The summed E-state index contributed by atoms with van der Waals surface area (Å²) >= 11 is 1.34. The molecule has 2 heterocycles. The molecule has 2 aromatic rings. The van der Waals surface area contributed by atoms with Gasteiger partial charge in [-0.05, 0) is 62.1 Å². The van der Waals surface area contributed by atoms with Crippen LogP contribution in [0.4, 0.5) is 5.69 Å². The lowest BCUT2D eigenvalue weighted by atomic mass is 10.1. The average molecular weight is 524 g/mol. The van der Waals surface area contributed by atoms with Crippen LogP contribution in [0.3, 0.4) is 0 Å². The molecule has 1 saturated heterocycles. The number of benzene rings is 2. The molecule has 0 aliphatic carbocycles. The molecule has 0 saturated carbocycles. The molecule has 37 heavy (non-hydrogen) atoms. The Morgan fingerprint density at radius 2 is 1.81 bits per heavy atom. The van der Waals surface area contributed by atoms with Gasteiger partial charge < -0.3 is 15.0 Å². The van der Waals surface area contributed by atoms with Gasteiger partial charge in [-0.25, -0.2) is 0 Å². The van der Waals surface area contributed by atoms with Crippen LogP contribution in [0.25, 0.3) is 0 Å². The zero-order chi connectivity index (χ0) is 26.2. The first-order valence-electron chi connectivity index (χ1n) is 12.1. The van der Waals surface area contributed by atoms with Crippen molar-refractivity contribution in [2.45, 2.75) is 37.9 Å². The van der Waals surface area contributed by atoms with Crippen molar-refractivity contribution in [1.82, 2.24) is 15.8 Å². The summed E-state index contributed by atoms with van der Waals surface area (Å²) < 4.78 is 5.41. The van der Waals surface area contributed by atoms with Crippen LogP contribution in [0.5, 0.6) is 5.75 Å². The number of hydrogen-bond acceptors (Lipinski definition) is 7. The fourth-order valence-electron chi connectivity index (χ4n) is 3.94. The van der Waals surface area contributed by atoms with Crippen molar-refractivity contribution in [1.29, 1.82) is 0 Å². The van der Waals surface area contributed by atoms with E-state index in [0.29, 0.717) is 16.6 Å². The molecule has 1 fully saturated rings. The Kier molecular flexibility index (Phi) is 8.78. The number of piperidine rings is 1. The van der Waals surface area contributed by atoms with Crippen molar-refractivity contribution in [3.63, 3.8) is 0 Å². The van der Waals surface area contributed by atoms with Crippen LogP contribution >= 0.6 is 11.8 Å². The molecule has 1 atom stereocenters. The molecule has 194 valence electrons. The number of nitrogens with zero attached hydrogens (tertiary/aromatic N) is 2. The highest BCUT2D eigenvalue weighted by atomic mass is 32.2. The van der Waals surface area contributed by atoms with E-state index in [-0.39, 0.29) is 30.4 Å². The highest BCUT2D eigenvalue weighted by Crippen LogP contribution is 2.29. The van der Waals surface area contributed by atoms with Gasteiger partial charge in [-0.2, -0.15) is 4.99 Å².